The number of aromatic nitrogens is 1. The number of nitrogens with one attached hydrogen (secondary N) is 3. The van der Waals surface area contributed by atoms with Gasteiger partial charge in [0.05, 0.1) is 23.9 Å². The zero-order valence-corrected chi connectivity index (χ0v) is 13.0. The highest BCUT2D eigenvalue weighted by Gasteiger charge is 2.31. The molecule has 8 heteroatoms. The molecule has 0 saturated carbocycles. The maximum absolute atomic E-state index is 12.1. The Kier molecular flexibility index (Phi) is 4.88. The molecule has 1 saturated heterocycles. The molecule has 1 fully saturated rings. The molecule has 0 bridgehead atoms. The first kappa shape index (κ1) is 16.2. The predicted octanol–water partition coefficient (Wildman–Crippen LogP) is -0.0897. The minimum atomic E-state index is -0.478. The van der Waals surface area contributed by atoms with Gasteiger partial charge in [-0.15, -0.1) is 0 Å². The summed E-state index contributed by atoms with van der Waals surface area (Å²) in [5.74, 6) is -0.677. The number of fused-ring (bicyclic) bond motifs is 1. The first-order chi connectivity index (χ1) is 11.7. The second kappa shape index (κ2) is 7.24. The number of carbonyl (C=O) groups is 2. The van der Waals surface area contributed by atoms with E-state index in [1.54, 1.807) is 6.20 Å². The van der Waals surface area contributed by atoms with E-state index >= 15 is 0 Å². The number of nitrogens with two attached hydrogens (primary N) is 1. The van der Waals surface area contributed by atoms with Crippen LogP contribution in [0, 0.1) is 0 Å². The average Bonchev–Trinajstić information content (AvgIpc) is 3.08. The van der Waals surface area contributed by atoms with Crippen molar-refractivity contribution in [1.82, 2.24) is 15.6 Å². The molecule has 3 rings (SSSR count). The van der Waals surface area contributed by atoms with Gasteiger partial charge in [0.1, 0.15) is 6.04 Å². The SMILES string of the molecule is NCC(=O)NC1CN[C@H](C(=O)ONc2cnc3ccccc3c2)C1. The van der Waals surface area contributed by atoms with Gasteiger partial charge < -0.3 is 21.2 Å². The number of carbonyl (C=O) groups excluding carboxylic acids is 2. The fourth-order valence-corrected chi connectivity index (χ4v) is 2.62. The Bertz CT molecular complexity index is 751. The molecular formula is C16H19N5O3. The van der Waals surface area contributed by atoms with Crippen LogP contribution in [0.2, 0.25) is 0 Å². The van der Waals surface area contributed by atoms with Crippen molar-refractivity contribution in [3.63, 3.8) is 0 Å². The Balaban J connectivity index is 1.52. The molecule has 2 atom stereocenters. The maximum Gasteiger partial charge on any atom is 0.348 e. The summed E-state index contributed by atoms with van der Waals surface area (Å²) in [5.41, 5.74) is 9.33. The monoisotopic (exact) mass is 329 g/mol. The Morgan fingerprint density at radius 1 is 1.38 bits per heavy atom. The molecule has 0 spiro atoms. The van der Waals surface area contributed by atoms with E-state index in [0.29, 0.717) is 18.7 Å². The van der Waals surface area contributed by atoms with Gasteiger partial charge in [-0.25, -0.2) is 10.3 Å². The Morgan fingerprint density at radius 2 is 2.21 bits per heavy atom. The Hall–Kier alpha value is -2.71. The number of amides is 1. The second-order valence-corrected chi connectivity index (χ2v) is 5.60. The minimum Gasteiger partial charge on any atom is -0.351 e. The van der Waals surface area contributed by atoms with Crippen molar-refractivity contribution < 1.29 is 14.4 Å². The quantitative estimate of drug-likeness (QED) is 0.566. The number of para-hydroxylation sites is 1. The number of pyridine rings is 1. The molecule has 0 aliphatic carbocycles. The van der Waals surface area contributed by atoms with Crippen LogP contribution in [0.5, 0.6) is 0 Å². The molecule has 2 heterocycles. The standard InChI is InChI=1S/C16H19N5O3/c17-7-15(22)20-11-6-14(19-8-11)16(23)24-21-12-5-10-3-1-2-4-13(10)18-9-12/h1-5,9,11,14,19,21H,6-8,17H2,(H,20,22)/t11?,14-/m0/s1. The van der Waals surface area contributed by atoms with Crippen molar-refractivity contribution in [2.24, 2.45) is 5.73 Å². The van der Waals surface area contributed by atoms with Crippen LogP contribution in [0.25, 0.3) is 10.9 Å². The summed E-state index contributed by atoms with van der Waals surface area (Å²) in [4.78, 5) is 32.7. The normalized spacial score (nSPS) is 19.9. The molecule has 1 aromatic heterocycles. The van der Waals surface area contributed by atoms with Gasteiger partial charge in [0, 0.05) is 18.0 Å². The molecule has 1 amide bonds. The van der Waals surface area contributed by atoms with Crippen LogP contribution in [-0.4, -0.2) is 42.0 Å². The second-order valence-electron chi connectivity index (χ2n) is 5.60. The lowest BCUT2D eigenvalue weighted by atomic mass is 10.2. The molecule has 24 heavy (non-hydrogen) atoms. The van der Waals surface area contributed by atoms with Gasteiger partial charge in [-0.3, -0.25) is 9.78 Å². The summed E-state index contributed by atoms with van der Waals surface area (Å²) in [6, 6.07) is 8.91. The van der Waals surface area contributed by atoms with Crippen LogP contribution >= 0.6 is 0 Å². The first-order valence-corrected chi connectivity index (χ1v) is 7.70. The summed E-state index contributed by atoms with van der Waals surface area (Å²) >= 11 is 0. The molecule has 1 aliphatic heterocycles. The van der Waals surface area contributed by atoms with Gasteiger partial charge in [-0.2, -0.15) is 0 Å². The summed E-state index contributed by atoms with van der Waals surface area (Å²) < 4.78 is 0. The van der Waals surface area contributed by atoms with E-state index in [-0.39, 0.29) is 18.5 Å². The van der Waals surface area contributed by atoms with E-state index in [1.807, 2.05) is 30.3 Å². The summed E-state index contributed by atoms with van der Waals surface area (Å²) in [6.07, 6.45) is 2.06. The number of hydrogen-bond acceptors (Lipinski definition) is 7. The Morgan fingerprint density at radius 3 is 3.04 bits per heavy atom. The first-order valence-electron chi connectivity index (χ1n) is 7.70. The van der Waals surface area contributed by atoms with Crippen molar-refractivity contribution >= 4 is 28.5 Å². The van der Waals surface area contributed by atoms with Gasteiger partial charge in [-0.1, -0.05) is 18.2 Å². The van der Waals surface area contributed by atoms with Crippen molar-refractivity contribution in [3.05, 3.63) is 36.5 Å². The summed E-state index contributed by atoms with van der Waals surface area (Å²) in [6.45, 7) is 0.436. The molecule has 1 unspecified atom stereocenters. The van der Waals surface area contributed by atoms with Gasteiger partial charge in [0.25, 0.3) is 0 Å². The van der Waals surface area contributed by atoms with Crippen LogP contribution in [0.15, 0.2) is 36.5 Å². The van der Waals surface area contributed by atoms with E-state index in [9.17, 15) is 9.59 Å². The average molecular weight is 329 g/mol. The molecule has 0 radical (unpaired) electrons. The van der Waals surface area contributed by atoms with E-state index in [0.717, 1.165) is 10.9 Å². The maximum atomic E-state index is 12.1. The highest BCUT2D eigenvalue weighted by Crippen LogP contribution is 2.16. The molecule has 1 aromatic carbocycles. The van der Waals surface area contributed by atoms with Gasteiger partial charge >= 0.3 is 5.97 Å². The molecule has 2 aromatic rings. The third-order valence-corrected chi connectivity index (χ3v) is 3.83. The zero-order valence-electron chi connectivity index (χ0n) is 13.0. The number of benzene rings is 1. The van der Waals surface area contributed by atoms with Crippen molar-refractivity contribution in [2.45, 2.75) is 18.5 Å². The number of anilines is 1. The molecule has 126 valence electrons. The molecule has 5 N–H and O–H groups in total. The van der Waals surface area contributed by atoms with Crippen LogP contribution in [0.4, 0.5) is 5.69 Å². The van der Waals surface area contributed by atoms with Crippen molar-refractivity contribution in [3.8, 4) is 0 Å². The summed E-state index contributed by atoms with van der Waals surface area (Å²) in [5, 5.41) is 6.71. The Labute approximate surface area is 138 Å². The highest BCUT2D eigenvalue weighted by molar-refractivity contribution is 5.82. The fourth-order valence-electron chi connectivity index (χ4n) is 2.62. The van der Waals surface area contributed by atoms with Crippen LogP contribution in [-0.2, 0) is 14.4 Å². The molecule has 1 aliphatic rings. The highest BCUT2D eigenvalue weighted by atomic mass is 16.7. The smallest absolute Gasteiger partial charge is 0.348 e. The third kappa shape index (κ3) is 3.79. The predicted molar refractivity (Wildman–Crippen MR) is 88.9 cm³/mol. The number of rotatable bonds is 5. The van der Waals surface area contributed by atoms with E-state index in [2.05, 4.69) is 21.1 Å². The van der Waals surface area contributed by atoms with Crippen molar-refractivity contribution in [1.29, 1.82) is 0 Å². The third-order valence-electron chi connectivity index (χ3n) is 3.83. The van der Waals surface area contributed by atoms with Gasteiger partial charge in [0.2, 0.25) is 5.91 Å². The lowest BCUT2D eigenvalue weighted by Crippen LogP contribution is -2.39. The van der Waals surface area contributed by atoms with E-state index < -0.39 is 12.0 Å². The number of hydrogen-bond donors (Lipinski definition) is 4. The fraction of sp³-hybridized carbons (Fsp3) is 0.312. The van der Waals surface area contributed by atoms with Gasteiger partial charge in [0.15, 0.2) is 0 Å². The van der Waals surface area contributed by atoms with E-state index in [1.165, 1.54) is 0 Å². The van der Waals surface area contributed by atoms with Crippen LogP contribution < -0.4 is 21.8 Å². The minimum absolute atomic E-state index is 0.0673. The number of nitrogens with zero attached hydrogens (tertiary/aromatic N) is 1. The molecule has 8 nitrogen and oxygen atoms in total. The summed E-state index contributed by atoms with van der Waals surface area (Å²) in [7, 11) is 0. The lowest BCUT2D eigenvalue weighted by Gasteiger charge is -2.12. The van der Waals surface area contributed by atoms with E-state index in [4.69, 9.17) is 10.6 Å². The van der Waals surface area contributed by atoms with Crippen LogP contribution in [0.3, 0.4) is 0 Å². The zero-order chi connectivity index (χ0) is 16.9. The van der Waals surface area contributed by atoms with Gasteiger partial charge in [-0.05, 0) is 18.6 Å². The molecular weight excluding hydrogens is 310 g/mol. The topological polar surface area (TPSA) is 118 Å². The van der Waals surface area contributed by atoms with Crippen LogP contribution in [0.1, 0.15) is 6.42 Å². The van der Waals surface area contributed by atoms with Crippen molar-refractivity contribution in [2.75, 3.05) is 18.6 Å². The largest absolute Gasteiger partial charge is 0.351 e. The lowest BCUT2D eigenvalue weighted by molar-refractivity contribution is -0.142.